The number of nitrogens with one attached hydrogen (secondary N) is 1. The molecule has 0 heterocycles. The fraction of sp³-hybridized carbons (Fsp3) is 0.400. The van der Waals surface area contributed by atoms with Gasteiger partial charge in [0.25, 0.3) is 5.91 Å². The van der Waals surface area contributed by atoms with Gasteiger partial charge in [-0.05, 0) is 43.0 Å². The number of carboxylic acids is 1. The lowest BCUT2D eigenvalue weighted by Crippen LogP contribution is -2.56. The van der Waals surface area contributed by atoms with Gasteiger partial charge in [0.15, 0.2) is 0 Å². The Balaban J connectivity index is 1.61. The highest BCUT2D eigenvalue weighted by molar-refractivity contribution is 5.85. The highest BCUT2D eigenvalue weighted by atomic mass is 19.3. The van der Waals surface area contributed by atoms with Gasteiger partial charge < -0.3 is 20.1 Å². The molecule has 34 heavy (non-hydrogen) atoms. The van der Waals surface area contributed by atoms with E-state index in [0.29, 0.717) is 0 Å². The Bertz CT molecular complexity index is 1040. The normalized spacial score (nSPS) is 13.1. The highest BCUT2D eigenvalue weighted by Gasteiger charge is 2.45. The number of alkyl halides is 2. The van der Waals surface area contributed by atoms with Crippen LogP contribution in [0.15, 0.2) is 48.5 Å². The monoisotopic (exact) mass is 474 g/mol. The quantitative estimate of drug-likeness (QED) is 0.596. The molecular weight excluding hydrogens is 446 g/mol. The minimum Gasteiger partial charge on any atom is -0.481 e. The van der Waals surface area contributed by atoms with Gasteiger partial charge in [0, 0.05) is 18.0 Å². The first-order valence-corrected chi connectivity index (χ1v) is 10.9. The molecule has 0 fully saturated rings. The number of carbonyl (C=O) groups is 3. The van der Waals surface area contributed by atoms with Gasteiger partial charge in [0.05, 0.1) is 13.0 Å². The van der Waals surface area contributed by atoms with Crippen molar-refractivity contribution >= 4 is 18.0 Å². The van der Waals surface area contributed by atoms with E-state index in [-0.39, 0.29) is 19.1 Å². The Hall–Kier alpha value is -3.49. The summed E-state index contributed by atoms with van der Waals surface area (Å²) in [7, 11) is 0. The molecule has 3 rings (SSSR count). The first-order chi connectivity index (χ1) is 15.9. The van der Waals surface area contributed by atoms with Gasteiger partial charge in [-0.2, -0.15) is 8.78 Å². The number of amides is 2. The molecule has 0 aromatic heterocycles. The van der Waals surface area contributed by atoms with Crippen LogP contribution in [0.25, 0.3) is 11.1 Å². The van der Waals surface area contributed by atoms with Crippen molar-refractivity contribution in [3.05, 3.63) is 59.7 Å². The van der Waals surface area contributed by atoms with Crippen LogP contribution in [0.3, 0.4) is 0 Å². The molecule has 1 aliphatic rings. The average molecular weight is 475 g/mol. The minimum atomic E-state index is -3.93. The number of rotatable bonds is 8. The third kappa shape index (κ3) is 5.52. The maximum atomic E-state index is 14.6. The zero-order valence-electron chi connectivity index (χ0n) is 19.3. The summed E-state index contributed by atoms with van der Waals surface area (Å²) in [6.45, 7) is 2.90. The van der Waals surface area contributed by atoms with E-state index in [1.807, 2.05) is 53.8 Å². The molecule has 1 aliphatic carbocycles. The Kier molecular flexibility index (Phi) is 7.24. The Morgan fingerprint density at radius 2 is 1.53 bits per heavy atom. The van der Waals surface area contributed by atoms with Gasteiger partial charge in [-0.3, -0.25) is 9.59 Å². The Morgan fingerprint density at radius 3 is 2.03 bits per heavy atom. The molecule has 2 aromatic carbocycles. The second-order valence-electron chi connectivity index (χ2n) is 9.15. The number of carbonyl (C=O) groups excluding carboxylic acids is 2. The third-order valence-electron chi connectivity index (χ3n) is 5.72. The molecule has 0 saturated carbocycles. The lowest BCUT2D eigenvalue weighted by Gasteiger charge is -2.37. The predicted octanol–water partition coefficient (Wildman–Crippen LogP) is 4.26. The van der Waals surface area contributed by atoms with E-state index in [2.05, 4.69) is 0 Å². The van der Waals surface area contributed by atoms with Crippen LogP contribution in [0.4, 0.5) is 13.6 Å². The van der Waals surface area contributed by atoms with E-state index < -0.39 is 42.4 Å². The summed E-state index contributed by atoms with van der Waals surface area (Å²) in [6, 6.07) is 15.4. The molecular formula is C25H28F2N2O5. The fourth-order valence-corrected chi connectivity index (χ4v) is 4.05. The number of aliphatic carboxylic acids is 1. The van der Waals surface area contributed by atoms with Gasteiger partial charge in [-0.15, -0.1) is 0 Å². The van der Waals surface area contributed by atoms with Crippen LogP contribution in [0, 0.1) is 0 Å². The molecule has 0 spiro atoms. The number of ether oxygens (including phenoxy) is 1. The van der Waals surface area contributed by atoms with Gasteiger partial charge in [-0.25, -0.2) is 4.79 Å². The summed E-state index contributed by atoms with van der Waals surface area (Å²) in [6.07, 6.45) is -1.54. The second kappa shape index (κ2) is 9.79. The number of nitrogens with zero attached hydrogens (tertiary/aromatic N) is 1. The van der Waals surface area contributed by atoms with Crippen LogP contribution >= 0.6 is 0 Å². The number of fused-ring (bicyclic) bond motifs is 3. The summed E-state index contributed by atoms with van der Waals surface area (Å²) >= 11 is 0. The number of benzene rings is 2. The van der Waals surface area contributed by atoms with E-state index in [0.717, 1.165) is 27.2 Å². The van der Waals surface area contributed by atoms with Crippen molar-refractivity contribution in [1.29, 1.82) is 0 Å². The standard InChI is InChI=1S/C25H28F2N2O5/c1-24(2,3)29(13-12-21(30)31)22(32)25(26,27)15-28-23(33)34-14-20-18-10-6-4-8-16(18)17-9-5-7-11-19(17)20/h4-11,20H,12-15H2,1-3H3,(H,28,33)(H,30,31). The molecule has 182 valence electrons. The van der Waals surface area contributed by atoms with E-state index in [1.54, 1.807) is 0 Å². The maximum absolute atomic E-state index is 14.6. The van der Waals surface area contributed by atoms with Crippen LogP contribution in [-0.4, -0.2) is 59.1 Å². The van der Waals surface area contributed by atoms with Crippen molar-refractivity contribution in [3.8, 4) is 11.1 Å². The van der Waals surface area contributed by atoms with Crippen molar-refractivity contribution < 1.29 is 33.0 Å². The van der Waals surface area contributed by atoms with Crippen molar-refractivity contribution in [2.45, 2.75) is 44.6 Å². The summed E-state index contributed by atoms with van der Waals surface area (Å²) in [5, 5.41) is 10.8. The third-order valence-corrected chi connectivity index (χ3v) is 5.72. The van der Waals surface area contributed by atoms with Crippen LogP contribution in [0.5, 0.6) is 0 Å². The zero-order chi connectivity index (χ0) is 25.1. The summed E-state index contributed by atoms with van der Waals surface area (Å²) in [4.78, 5) is 36.3. The van der Waals surface area contributed by atoms with Crippen LogP contribution in [0.1, 0.15) is 44.2 Å². The molecule has 0 bridgehead atoms. The molecule has 0 unspecified atom stereocenters. The second-order valence-corrected chi connectivity index (χ2v) is 9.15. The van der Waals surface area contributed by atoms with Crippen LogP contribution in [0.2, 0.25) is 0 Å². The molecule has 0 aliphatic heterocycles. The van der Waals surface area contributed by atoms with E-state index in [9.17, 15) is 23.2 Å². The Morgan fingerprint density at radius 1 is 1.00 bits per heavy atom. The lowest BCUT2D eigenvalue weighted by molar-refractivity contribution is -0.162. The van der Waals surface area contributed by atoms with E-state index >= 15 is 0 Å². The predicted molar refractivity (Wildman–Crippen MR) is 122 cm³/mol. The molecule has 2 amide bonds. The molecule has 2 aromatic rings. The molecule has 0 saturated heterocycles. The smallest absolute Gasteiger partial charge is 0.407 e. The van der Waals surface area contributed by atoms with Crippen LogP contribution in [-0.2, 0) is 14.3 Å². The molecule has 7 nitrogen and oxygen atoms in total. The first-order valence-electron chi connectivity index (χ1n) is 10.9. The van der Waals surface area contributed by atoms with Gasteiger partial charge in [0.1, 0.15) is 6.61 Å². The van der Waals surface area contributed by atoms with Crippen molar-refractivity contribution in [2.75, 3.05) is 19.7 Å². The van der Waals surface area contributed by atoms with Gasteiger partial charge >= 0.3 is 18.0 Å². The molecule has 2 N–H and O–H groups in total. The van der Waals surface area contributed by atoms with E-state index in [1.165, 1.54) is 20.8 Å². The van der Waals surface area contributed by atoms with Gasteiger partial charge in [-0.1, -0.05) is 48.5 Å². The average Bonchev–Trinajstić information content (AvgIpc) is 3.09. The molecule has 0 radical (unpaired) electrons. The summed E-state index contributed by atoms with van der Waals surface area (Å²) < 4.78 is 34.5. The number of hydrogen-bond donors (Lipinski definition) is 2. The maximum Gasteiger partial charge on any atom is 0.407 e. The summed E-state index contributed by atoms with van der Waals surface area (Å²) in [5.41, 5.74) is 3.01. The van der Waals surface area contributed by atoms with Crippen LogP contribution < -0.4 is 5.32 Å². The topological polar surface area (TPSA) is 95.9 Å². The number of alkyl carbamates (subject to hydrolysis) is 1. The molecule has 9 heteroatoms. The van der Waals surface area contributed by atoms with Gasteiger partial charge in [0.2, 0.25) is 0 Å². The van der Waals surface area contributed by atoms with E-state index in [4.69, 9.17) is 9.84 Å². The highest BCUT2D eigenvalue weighted by Crippen LogP contribution is 2.44. The fourth-order valence-electron chi connectivity index (χ4n) is 4.05. The zero-order valence-corrected chi connectivity index (χ0v) is 19.3. The molecule has 0 atom stereocenters. The van der Waals surface area contributed by atoms with Crippen molar-refractivity contribution in [2.24, 2.45) is 0 Å². The number of halogens is 2. The van der Waals surface area contributed by atoms with Crippen molar-refractivity contribution in [3.63, 3.8) is 0 Å². The van der Waals surface area contributed by atoms with Crippen molar-refractivity contribution in [1.82, 2.24) is 10.2 Å². The Labute approximate surface area is 196 Å². The lowest BCUT2D eigenvalue weighted by atomic mass is 9.98. The largest absolute Gasteiger partial charge is 0.481 e. The number of hydrogen-bond acceptors (Lipinski definition) is 4. The summed E-state index contributed by atoms with van der Waals surface area (Å²) in [5.74, 6) is -6.92. The SMILES string of the molecule is CC(C)(C)N(CCC(=O)O)C(=O)C(F)(F)CNC(=O)OCC1c2ccccc2-c2ccccc21. The minimum absolute atomic E-state index is 0.0495. The first kappa shape index (κ1) is 25.1. The number of carboxylic acid groups (broad SMARTS) is 1.